The van der Waals surface area contributed by atoms with E-state index in [0.29, 0.717) is 6.42 Å². The van der Waals surface area contributed by atoms with Gasteiger partial charge in [0.2, 0.25) is 11.8 Å². The van der Waals surface area contributed by atoms with Crippen LogP contribution in [0.1, 0.15) is 41.5 Å². The molecule has 30 heavy (non-hydrogen) atoms. The van der Waals surface area contributed by atoms with Crippen LogP contribution in [-0.2, 0) is 22.4 Å². The molecule has 1 N–H and O–H groups in total. The van der Waals surface area contributed by atoms with Gasteiger partial charge in [0.05, 0.1) is 5.69 Å². The summed E-state index contributed by atoms with van der Waals surface area (Å²) in [5.74, 6) is 0.325. The van der Waals surface area contributed by atoms with Gasteiger partial charge in [-0.25, -0.2) is 4.98 Å². The number of hydrogen-bond donors (Lipinski definition) is 1. The van der Waals surface area contributed by atoms with Gasteiger partial charge in [-0.2, -0.15) is 0 Å². The number of aromatic nitrogens is 1. The van der Waals surface area contributed by atoms with Crippen LogP contribution >= 0.6 is 11.3 Å². The minimum atomic E-state index is -0.00950. The summed E-state index contributed by atoms with van der Waals surface area (Å²) >= 11 is 1.72. The number of anilines is 2. The van der Waals surface area contributed by atoms with Crippen LogP contribution in [0.5, 0.6) is 0 Å². The molecule has 0 spiro atoms. The summed E-state index contributed by atoms with van der Waals surface area (Å²) in [6, 6.07) is 6.15. The third kappa shape index (κ3) is 4.36. The summed E-state index contributed by atoms with van der Waals surface area (Å²) < 4.78 is 0. The number of carbonyl (C=O) groups is 2. The van der Waals surface area contributed by atoms with Crippen LogP contribution in [0.3, 0.4) is 0 Å². The van der Waals surface area contributed by atoms with Crippen LogP contribution in [0.25, 0.3) is 0 Å². The quantitative estimate of drug-likeness (QED) is 0.812. The summed E-state index contributed by atoms with van der Waals surface area (Å²) in [5, 5.41) is 4.18. The lowest BCUT2D eigenvalue weighted by Crippen LogP contribution is -2.48. The van der Waals surface area contributed by atoms with Crippen LogP contribution in [0.15, 0.2) is 18.2 Å². The second-order valence-electron chi connectivity index (χ2n) is 8.34. The molecule has 6 nitrogen and oxygen atoms in total. The number of benzene rings is 1. The number of fused-ring (bicyclic) bond motifs is 1. The van der Waals surface area contributed by atoms with Crippen LogP contribution in [0.4, 0.5) is 10.8 Å². The Balaban J connectivity index is 1.39. The number of hydrogen-bond acceptors (Lipinski definition) is 5. The topological polar surface area (TPSA) is 65.5 Å². The van der Waals surface area contributed by atoms with Crippen molar-refractivity contribution in [2.24, 2.45) is 5.92 Å². The Morgan fingerprint density at radius 1 is 1.20 bits per heavy atom. The molecule has 0 saturated carbocycles. The van der Waals surface area contributed by atoms with E-state index in [1.54, 1.807) is 11.3 Å². The maximum Gasteiger partial charge on any atom is 0.227 e. The number of thiazole rings is 1. The fourth-order valence-electron chi connectivity index (χ4n) is 4.20. The first kappa shape index (κ1) is 20.8. The van der Waals surface area contributed by atoms with Crippen molar-refractivity contribution in [3.05, 3.63) is 39.9 Å². The number of aryl methyl sites for hydroxylation is 3. The number of nitrogens with one attached hydrogen (secondary N) is 1. The number of rotatable bonds is 4. The molecular weight excluding hydrogens is 396 g/mol. The van der Waals surface area contributed by atoms with Crippen molar-refractivity contribution in [3.63, 3.8) is 0 Å². The molecule has 2 aliphatic rings. The Morgan fingerprint density at radius 2 is 1.97 bits per heavy atom. The van der Waals surface area contributed by atoms with Crippen molar-refractivity contribution >= 4 is 34.0 Å². The molecule has 4 rings (SSSR count). The zero-order valence-electron chi connectivity index (χ0n) is 18.0. The van der Waals surface area contributed by atoms with Crippen LogP contribution < -0.4 is 10.2 Å². The highest BCUT2D eigenvalue weighted by molar-refractivity contribution is 7.15. The molecular formula is C23H30N4O2S. The van der Waals surface area contributed by atoms with E-state index in [9.17, 15) is 9.59 Å². The lowest BCUT2D eigenvalue weighted by molar-refractivity contribution is -0.131. The summed E-state index contributed by atoms with van der Waals surface area (Å²) in [6.07, 6.45) is 3.02. The Labute approximate surface area is 182 Å². The van der Waals surface area contributed by atoms with E-state index in [2.05, 4.69) is 16.3 Å². The largest absolute Gasteiger partial charge is 0.345 e. The number of amides is 2. The fourth-order valence-corrected chi connectivity index (χ4v) is 5.43. The molecule has 1 atom stereocenters. The van der Waals surface area contributed by atoms with Crippen molar-refractivity contribution in [2.75, 3.05) is 36.4 Å². The molecule has 2 amide bonds. The van der Waals surface area contributed by atoms with Crippen molar-refractivity contribution in [2.45, 2.75) is 46.5 Å². The lowest BCUT2D eigenvalue weighted by Gasteiger charge is -2.34. The summed E-state index contributed by atoms with van der Waals surface area (Å²) in [4.78, 5) is 35.1. The molecule has 160 valence electrons. The van der Waals surface area contributed by atoms with E-state index < -0.39 is 0 Å². The highest BCUT2D eigenvalue weighted by atomic mass is 32.1. The monoisotopic (exact) mass is 426 g/mol. The summed E-state index contributed by atoms with van der Waals surface area (Å²) in [7, 11) is 0. The minimum Gasteiger partial charge on any atom is -0.345 e. The molecule has 1 aliphatic heterocycles. The summed E-state index contributed by atoms with van der Waals surface area (Å²) in [5.41, 5.74) is 4.30. The average molecular weight is 427 g/mol. The second kappa shape index (κ2) is 8.76. The van der Waals surface area contributed by atoms with E-state index in [0.717, 1.165) is 73.1 Å². The standard InChI is InChI=1S/C23H30N4O2S/c1-4-21(28)26-9-11-27(12-10-26)23-25-18-8-7-17(14-20(18)30-23)22(29)24-19-13-15(2)5-6-16(19)3/h5-6,13,17H,4,7-12,14H2,1-3H3,(H,24,29)/t17-/m1/s1. The zero-order chi connectivity index (χ0) is 21.3. The number of carbonyl (C=O) groups excluding carboxylic acids is 2. The number of nitrogens with zero attached hydrogens (tertiary/aromatic N) is 3. The third-order valence-electron chi connectivity index (χ3n) is 6.16. The van der Waals surface area contributed by atoms with Crippen LogP contribution in [0.2, 0.25) is 0 Å². The van der Waals surface area contributed by atoms with E-state index in [1.807, 2.05) is 37.8 Å². The van der Waals surface area contributed by atoms with Crippen molar-refractivity contribution in [3.8, 4) is 0 Å². The molecule has 1 fully saturated rings. The third-order valence-corrected chi connectivity index (χ3v) is 7.34. The second-order valence-corrected chi connectivity index (χ2v) is 9.40. The van der Waals surface area contributed by atoms with Gasteiger partial charge in [0.1, 0.15) is 0 Å². The van der Waals surface area contributed by atoms with Gasteiger partial charge in [-0.15, -0.1) is 11.3 Å². The van der Waals surface area contributed by atoms with Gasteiger partial charge in [-0.1, -0.05) is 19.1 Å². The smallest absolute Gasteiger partial charge is 0.227 e. The van der Waals surface area contributed by atoms with Gasteiger partial charge < -0.3 is 15.1 Å². The molecule has 0 bridgehead atoms. The first-order valence-electron chi connectivity index (χ1n) is 10.8. The first-order chi connectivity index (χ1) is 14.4. The van der Waals surface area contributed by atoms with Gasteiger partial charge in [0, 0.05) is 49.1 Å². The van der Waals surface area contributed by atoms with Gasteiger partial charge in [-0.05, 0) is 50.3 Å². The molecule has 2 heterocycles. The van der Waals surface area contributed by atoms with Crippen LogP contribution in [0, 0.1) is 19.8 Å². The van der Waals surface area contributed by atoms with Crippen molar-refractivity contribution < 1.29 is 9.59 Å². The maximum absolute atomic E-state index is 12.9. The molecule has 1 aliphatic carbocycles. The highest BCUT2D eigenvalue weighted by Gasteiger charge is 2.30. The number of piperazine rings is 1. The molecule has 2 aromatic rings. The molecule has 0 unspecified atom stereocenters. The zero-order valence-corrected chi connectivity index (χ0v) is 18.8. The normalized spacial score (nSPS) is 18.8. The minimum absolute atomic E-state index is 0.00950. The lowest BCUT2D eigenvalue weighted by atomic mass is 9.90. The van der Waals surface area contributed by atoms with Crippen molar-refractivity contribution in [1.82, 2.24) is 9.88 Å². The van der Waals surface area contributed by atoms with E-state index in [1.165, 1.54) is 4.88 Å². The maximum atomic E-state index is 12.9. The predicted molar refractivity (Wildman–Crippen MR) is 121 cm³/mol. The average Bonchev–Trinajstić information content (AvgIpc) is 3.19. The molecule has 1 aromatic heterocycles. The SMILES string of the molecule is CCC(=O)N1CCN(c2nc3c(s2)C[C@H](C(=O)Nc2cc(C)ccc2C)CC3)CC1. The van der Waals surface area contributed by atoms with Crippen molar-refractivity contribution in [1.29, 1.82) is 0 Å². The van der Waals surface area contributed by atoms with E-state index in [4.69, 9.17) is 4.98 Å². The molecule has 0 radical (unpaired) electrons. The van der Waals surface area contributed by atoms with Crippen LogP contribution in [-0.4, -0.2) is 47.9 Å². The Kier molecular flexibility index (Phi) is 6.09. The Morgan fingerprint density at radius 3 is 2.70 bits per heavy atom. The van der Waals surface area contributed by atoms with Gasteiger partial charge in [0.25, 0.3) is 0 Å². The van der Waals surface area contributed by atoms with Gasteiger partial charge in [0.15, 0.2) is 5.13 Å². The van der Waals surface area contributed by atoms with E-state index in [-0.39, 0.29) is 17.7 Å². The predicted octanol–water partition coefficient (Wildman–Crippen LogP) is 3.56. The molecule has 7 heteroatoms. The van der Waals surface area contributed by atoms with E-state index >= 15 is 0 Å². The molecule has 1 aromatic carbocycles. The Bertz CT molecular complexity index is 947. The van der Waals surface area contributed by atoms with Gasteiger partial charge >= 0.3 is 0 Å². The highest BCUT2D eigenvalue weighted by Crippen LogP contribution is 2.35. The first-order valence-corrected chi connectivity index (χ1v) is 11.7. The fraction of sp³-hybridized carbons (Fsp3) is 0.522. The summed E-state index contributed by atoms with van der Waals surface area (Å²) in [6.45, 7) is 9.16. The Hall–Kier alpha value is -2.41. The molecule has 1 saturated heterocycles. The van der Waals surface area contributed by atoms with Gasteiger partial charge in [-0.3, -0.25) is 9.59 Å².